The summed E-state index contributed by atoms with van der Waals surface area (Å²) in [5.41, 5.74) is 2.54. The summed E-state index contributed by atoms with van der Waals surface area (Å²) >= 11 is 0. The Balaban J connectivity index is 2.06. The van der Waals surface area contributed by atoms with Gasteiger partial charge in [-0.25, -0.2) is 0 Å². The number of methoxy groups -OCH3 is 1. The third-order valence-corrected chi connectivity index (χ3v) is 3.39. The summed E-state index contributed by atoms with van der Waals surface area (Å²) in [6.45, 7) is 4.36. The maximum Gasteiger partial charge on any atom is 0.119 e. The van der Waals surface area contributed by atoms with Crippen LogP contribution in [0.25, 0.3) is 0 Å². The molecule has 0 fully saturated rings. The van der Waals surface area contributed by atoms with Crippen molar-refractivity contribution < 1.29 is 4.74 Å². The van der Waals surface area contributed by atoms with Gasteiger partial charge in [0.1, 0.15) is 5.75 Å². The first-order valence-corrected chi connectivity index (χ1v) is 6.65. The van der Waals surface area contributed by atoms with Gasteiger partial charge in [-0.15, -0.1) is 0 Å². The first-order chi connectivity index (χ1) is 9.20. The van der Waals surface area contributed by atoms with Gasteiger partial charge in [-0.3, -0.25) is 0 Å². The minimum Gasteiger partial charge on any atom is -0.497 e. The molecule has 0 aliphatic rings. The Morgan fingerprint density at radius 1 is 0.842 bits per heavy atom. The number of nitrogens with one attached hydrogen (secondary N) is 1. The Kier molecular flexibility index (Phi) is 4.58. The molecule has 0 bridgehead atoms. The van der Waals surface area contributed by atoms with Gasteiger partial charge >= 0.3 is 0 Å². The second-order valence-corrected chi connectivity index (χ2v) is 4.80. The topological polar surface area (TPSA) is 21.3 Å². The molecule has 0 saturated carbocycles. The number of hydrogen-bond donors (Lipinski definition) is 1. The molecule has 2 aromatic rings. The van der Waals surface area contributed by atoms with E-state index < -0.39 is 0 Å². The van der Waals surface area contributed by atoms with Gasteiger partial charge < -0.3 is 10.1 Å². The Hall–Kier alpha value is -1.80. The van der Waals surface area contributed by atoms with Crippen LogP contribution >= 0.6 is 0 Å². The van der Waals surface area contributed by atoms with E-state index >= 15 is 0 Å². The average Bonchev–Trinajstić information content (AvgIpc) is 2.48. The molecule has 2 rings (SSSR count). The molecule has 0 spiro atoms. The molecule has 2 atom stereocenters. The van der Waals surface area contributed by atoms with Crippen LogP contribution < -0.4 is 10.1 Å². The van der Waals surface area contributed by atoms with Crippen molar-refractivity contribution >= 4 is 0 Å². The van der Waals surface area contributed by atoms with Gasteiger partial charge in [0.15, 0.2) is 0 Å². The van der Waals surface area contributed by atoms with E-state index in [1.54, 1.807) is 7.11 Å². The van der Waals surface area contributed by atoms with E-state index in [2.05, 4.69) is 55.6 Å². The smallest absolute Gasteiger partial charge is 0.119 e. The summed E-state index contributed by atoms with van der Waals surface area (Å²) in [7, 11) is 1.70. The predicted molar refractivity (Wildman–Crippen MR) is 79.4 cm³/mol. The molecular formula is C17H21NO. The number of hydrogen-bond acceptors (Lipinski definition) is 2. The van der Waals surface area contributed by atoms with Gasteiger partial charge in [-0.2, -0.15) is 0 Å². The van der Waals surface area contributed by atoms with Crippen LogP contribution in [0.2, 0.25) is 0 Å². The molecule has 2 nitrogen and oxygen atoms in total. The van der Waals surface area contributed by atoms with Gasteiger partial charge in [0.25, 0.3) is 0 Å². The molecule has 1 N–H and O–H groups in total. The fourth-order valence-electron chi connectivity index (χ4n) is 2.22. The number of rotatable bonds is 5. The highest BCUT2D eigenvalue weighted by Gasteiger charge is 2.11. The Labute approximate surface area is 115 Å². The van der Waals surface area contributed by atoms with Gasteiger partial charge in [0.05, 0.1) is 7.11 Å². The lowest BCUT2D eigenvalue weighted by Gasteiger charge is -2.21. The molecule has 0 aliphatic carbocycles. The zero-order valence-electron chi connectivity index (χ0n) is 11.8. The molecule has 0 radical (unpaired) electrons. The lowest BCUT2D eigenvalue weighted by Crippen LogP contribution is -2.22. The maximum atomic E-state index is 5.27. The zero-order chi connectivity index (χ0) is 13.7. The van der Waals surface area contributed by atoms with Crippen molar-refractivity contribution in [3.8, 4) is 5.75 Å². The van der Waals surface area contributed by atoms with Crippen molar-refractivity contribution in [1.29, 1.82) is 0 Å². The van der Waals surface area contributed by atoms with Crippen LogP contribution in [0.3, 0.4) is 0 Å². The van der Waals surface area contributed by atoms with Crippen LogP contribution in [0.4, 0.5) is 0 Å². The first-order valence-electron chi connectivity index (χ1n) is 6.65. The van der Waals surface area contributed by atoms with Gasteiger partial charge in [-0.1, -0.05) is 42.5 Å². The maximum absolute atomic E-state index is 5.27. The normalized spacial score (nSPS) is 13.8. The molecule has 1 unspecified atom stereocenters. The largest absolute Gasteiger partial charge is 0.497 e. The predicted octanol–water partition coefficient (Wildman–Crippen LogP) is 4.11. The van der Waals surface area contributed by atoms with E-state index in [9.17, 15) is 0 Å². The summed E-state index contributed by atoms with van der Waals surface area (Å²) in [6, 6.07) is 19.3. The van der Waals surface area contributed by atoms with Crippen molar-refractivity contribution in [2.45, 2.75) is 25.9 Å². The van der Waals surface area contributed by atoms with Crippen molar-refractivity contribution in [2.75, 3.05) is 7.11 Å². The molecule has 0 aliphatic heterocycles. The quantitative estimate of drug-likeness (QED) is 0.868. The zero-order valence-corrected chi connectivity index (χ0v) is 11.8. The molecule has 0 amide bonds. The minimum atomic E-state index is 0.283. The monoisotopic (exact) mass is 255 g/mol. The highest BCUT2D eigenvalue weighted by atomic mass is 16.5. The lowest BCUT2D eigenvalue weighted by molar-refractivity contribution is 0.412. The summed E-state index contributed by atoms with van der Waals surface area (Å²) < 4.78 is 5.27. The summed E-state index contributed by atoms with van der Waals surface area (Å²) in [4.78, 5) is 0. The van der Waals surface area contributed by atoms with Crippen LogP contribution in [0.1, 0.15) is 37.1 Å². The highest BCUT2D eigenvalue weighted by molar-refractivity contribution is 5.30. The molecule has 0 aromatic heterocycles. The number of ether oxygens (including phenoxy) is 1. The van der Waals surface area contributed by atoms with Crippen molar-refractivity contribution in [3.63, 3.8) is 0 Å². The highest BCUT2D eigenvalue weighted by Crippen LogP contribution is 2.22. The van der Waals surface area contributed by atoms with Gasteiger partial charge in [0, 0.05) is 12.1 Å². The van der Waals surface area contributed by atoms with Gasteiger partial charge in [-0.05, 0) is 37.1 Å². The minimum absolute atomic E-state index is 0.283. The average molecular weight is 255 g/mol. The summed E-state index contributed by atoms with van der Waals surface area (Å²) in [6.07, 6.45) is 0. The first kappa shape index (κ1) is 13.6. The summed E-state index contributed by atoms with van der Waals surface area (Å²) in [5.74, 6) is 0.901. The van der Waals surface area contributed by atoms with E-state index in [0.717, 1.165) is 5.75 Å². The molecule has 19 heavy (non-hydrogen) atoms. The second kappa shape index (κ2) is 6.39. The van der Waals surface area contributed by atoms with Crippen molar-refractivity contribution in [2.24, 2.45) is 0 Å². The molecule has 0 heterocycles. The lowest BCUT2D eigenvalue weighted by atomic mass is 10.0. The van der Waals surface area contributed by atoms with Crippen LogP contribution in [0, 0.1) is 0 Å². The fraction of sp³-hybridized carbons (Fsp3) is 0.294. The fourth-order valence-corrected chi connectivity index (χ4v) is 2.22. The third-order valence-electron chi connectivity index (χ3n) is 3.39. The van der Waals surface area contributed by atoms with E-state index in [1.807, 2.05) is 18.2 Å². The van der Waals surface area contributed by atoms with Crippen LogP contribution in [-0.4, -0.2) is 7.11 Å². The number of benzene rings is 2. The Bertz CT molecular complexity index is 510. The molecule has 100 valence electrons. The molecule has 0 saturated heterocycles. The van der Waals surface area contributed by atoms with E-state index in [-0.39, 0.29) is 6.04 Å². The summed E-state index contributed by atoms with van der Waals surface area (Å²) in [5, 5.41) is 3.61. The van der Waals surface area contributed by atoms with E-state index in [0.29, 0.717) is 6.04 Å². The molecule has 2 aromatic carbocycles. The van der Waals surface area contributed by atoms with Gasteiger partial charge in [0.2, 0.25) is 0 Å². The standard InChI is InChI=1S/C17H21NO/c1-13(15-8-5-4-6-9-15)18-14(2)16-10-7-11-17(12-16)19-3/h4-14,18H,1-3H3/t13?,14-/m1/s1. The van der Waals surface area contributed by atoms with Crippen LogP contribution in [0.5, 0.6) is 5.75 Å². The van der Waals surface area contributed by atoms with Crippen molar-refractivity contribution in [3.05, 3.63) is 65.7 Å². The Morgan fingerprint density at radius 3 is 2.16 bits per heavy atom. The van der Waals surface area contributed by atoms with Crippen LogP contribution in [-0.2, 0) is 0 Å². The van der Waals surface area contributed by atoms with Crippen molar-refractivity contribution in [1.82, 2.24) is 5.32 Å². The molecule has 2 heteroatoms. The molecular weight excluding hydrogens is 234 g/mol. The van der Waals surface area contributed by atoms with E-state index in [4.69, 9.17) is 4.74 Å². The van der Waals surface area contributed by atoms with Crippen LogP contribution in [0.15, 0.2) is 54.6 Å². The Morgan fingerprint density at radius 2 is 1.47 bits per heavy atom. The second-order valence-electron chi connectivity index (χ2n) is 4.80. The third kappa shape index (κ3) is 3.58. The van der Waals surface area contributed by atoms with E-state index in [1.165, 1.54) is 11.1 Å². The SMILES string of the molecule is COc1cccc([C@@H](C)NC(C)c2ccccc2)c1.